The summed E-state index contributed by atoms with van der Waals surface area (Å²) >= 11 is 1.19. The standard InChI is InChI=1S/C20H27BO5S/c1-13(22)15-8-9-18(24-7)16(10-15)11-17(12-27-14(2)23)21-25-19(3,4)20(5,6)26-21/h8-11H,12H2,1-7H3. The normalized spacial score (nSPS) is 18.5. The van der Waals surface area contributed by atoms with E-state index in [2.05, 4.69) is 0 Å². The third-order valence-corrected chi connectivity index (χ3v) is 5.86. The van der Waals surface area contributed by atoms with Gasteiger partial charge in [0.2, 0.25) is 0 Å². The molecule has 0 aromatic heterocycles. The summed E-state index contributed by atoms with van der Waals surface area (Å²) in [6, 6.07) is 5.28. The van der Waals surface area contributed by atoms with Crippen LogP contribution in [-0.2, 0) is 14.1 Å². The second-order valence-corrected chi connectivity index (χ2v) is 8.75. The zero-order valence-electron chi connectivity index (χ0n) is 17.0. The molecule has 0 spiro atoms. The van der Waals surface area contributed by atoms with Gasteiger partial charge in [0.15, 0.2) is 10.9 Å². The fourth-order valence-electron chi connectivity index (χ4n) is 2.62. The van der Waals surface area contributed by atoms with Crippen LogP contribution in [-0.4, -0.2) is 42.1 Å². The van der Waals surface area contributed by atoms with Crippen molar-refractivity contribution in [3.63, 3.8) is 0 Å². The van der Waals surface area contributed by atoms with E-state index in [1.54, 1.807) is 25.3 Å². The molecule has 1 saturated heterocycles. The van der Waals surface area contributed by atoms with Crippen LogP contribution in [0.4, 0.5) is 0 Å². The number of thioether (sulfide) groups is 1. The van der Waals surface area contributed by atoms with E-state index in [9.17, 15) is 9.59 Å². The molecule has 27 heavy (non-hydrogen) atoms. The minimum absolute atomic E-state index is 0.0156. The molecule has 0 aliphatic carbocycles. The van der Waals surface area contributed by atoms with Crippen LogP contribution in [0.3, 0.4) is 0 Å². The van der Waals surface area contributed by atoms with Gasteiger partial charge >= 0.3 is 7.12 Å². The SMILES string of the molecule is COc1ccc(C(C)=O)cc1C=C(CSC(C)=O)B1OC(C)(C)C(C)(C)O1. The highest BCUT2D eigenvalue weighted by atomic mass is 32.2. The second-order valence-electron chi connectivity index (χ2n) is 7.60. The minimum atomic E-state index is -0.576. The number of methoxy groups -OCH3 is 1. The maximum atomic E-state index is 11.8. The Morgan fingerprint density at radius 1 is 1.15 bits per heavy atom. The van der Waals surface area contributed by atoms with Gasteiger partial charge in [0.05, 0.1) is 18.3 Å². The Labute approximate surface area is 166 Å². The van der Waals surface area contributed by atoms with Crippen molar-refractivity contribution >= 4 is 35.9 Å². The first-order chi connectivity index (χ1) is 12.5. The number of hydrogen-bond donors (Lipinski definition) is 0. The van der Waals surface area contributed by atoms with E-state index in [1.807, 2.05) is 33.8 Å². The highest BCUT2D eigenvalue weighted by molar-refractivity contribution is 8.13. The van der Waals surface area contributed by atoms with Gasteiger partial charge in [-0.25, -0.2) is 0 Å². The number of ketones is 1. The minimum Gasteiger partial charge on any atom is -0.496 e. The van der Waals surface area contributed by atoms with Gasteiger partial charge in [0, 0.05) is 23.8 Å². The molecule has 0 N–H and O–H groups in total. The Kier molecular flexibility index (Phi) is 6.61. The number of carbonyl (C=O) groups excluding carboxylic acids is 2. The van der Waals surface area contributed by atoms with Gasteiger partial charge in [0.1, 0.15) is 5.75 Å². The molecule has 0 saturated carbocycles. The van der Waals surface area contributed by atoms with Gasteiger partial charge in [-0.05, 0) is 58.3 Å². The van der Waals surface area contributed by atoms with E-state index >= 15 is 0 Å². The maximum Gasteiger partial charge on any atom is 0.491 e. The topological polar surface area (TPSA) is 61.8 Å². The quantitative estimate of drug-likeness (QED) is 0.536. The van der Waals surface area contributed by atoms with Crippen LogP contribution in [0, 0.1) is 0 Å². The Hall–Kier alpha value is -1.57. The van der Waals surface area contributed by atoms with Crippen LogP contribution in [0.1, 0.15) is 57.5 Å². The van der Waals surface area contributed by atoms with Gasteiger partial charge in [-0.15, -0.1) is 0 Å². The zero-order valence-corrected chi connectivity index (χ0v) is 17.9. The molecule has 1 aliphatic rings. The third-order valence-electron chi connectivity index (χ3n) is 4.98. The maximum absolute atomic E-state index is 11.8. The monoisotopic (exact) mass is 390 g/mol. The van der Waals surface area contributed by atoms with E-state index in [0.29, 0.717) is 17.1 Å². The van der Waals surface area contributed by atoms with Crippen molar-refractivity contribution in [3.05, 3.63) is 34.8 Å². The number of rotatable bonds is 6. The van der Waals surface area contributed by atoms with Gasteiger partial charge in [-0.2, -0.15) is 0 Å². The molecule has 1 aromatic rings. The Bertz CT molecular complexity index is 754. The molecule has 5 nitrogen and oxygen atoms in total. The average Bonchev–Trinajstić information content (AvgIpc) is 2.78. The predicted octanol–water partition coefficient (Wildman–Crippen LogP) is 4.19. The molecule has 7 heteroatoms. The molecule has 0 bridgehead atoms. The van der Waals surface area contributed by atoms with Crippen molar-refractivity contribution in [2.24, 2.45) is 0 Å². The lowest BCUT2D eigenvalue weighted by Gasteiger charge is -2.32. The lowest BCUT2D eigenvalue weighted by atomic mass is 9.78. The molecule has 1 aliphatic heterocycles. The molecular weight excluding hydrogens is 363 g/mol. The molecule has 1 aromatic carbocycles. The Morgan fingerprint density at radius 3 is 2.22 bits per heavy atom. The average molecular weight is 390 g/mol. The number of Topliss-reactive ketones (excluding diaryl/α,β-unsaturated/α-hetero) is 1. The first kappa shape index (κ1) is 21.7. The summed E-state index contributed by atoms with van der Waals surface area (Å²) in [6.45, 7) is 11.0. The molecule has 1 heterocycles. The Morgan fingerprint density at radius 2 is 1.74 bits per heavy atom. The van der Waals surface area contributed by atoms with Crippen molar-refractivity contribution in [1.82, 2.24) is 0 Å². The van der Waals surface area contributed by atoms with Gasteiger partial charge in [0.25, 0.3) is 0 Å². The smallest absolute Gasteiger partial charge is 0.491 e. The molecule has 0 radical (unpaired) electrons. The van der Waals surface area contributed by atoms with Crippen LogP contribution in [0.15, 0.2) is 23.7 Å². The van der Waals surface area contributed by atoms with Crippen LogP contribution in [0.2, 0.25) is 0 Å². The Balaban J connectivity index is 2.47. The predicted molar refractivity (Wildman–Crippen MR) is 110 cm³/mol. The van der Waals surface area contributed by atoms with Crippen molar-refractivity contribution in [2.45, 2.75) is 52.7 Å². The fourth-order valence-corrected chi connectivity index (χ4v) is 3.21. The van der Waals surface area contributed by atoms with Crippen LogP contribution in [0.5, 0.6) is 5.75 Å². The summed E-state index contributed by atoms with van der Waals surface area (Å²) in [5.74, 6) is 1.05. The largest absolute Gasteiger partial charge is 0.496 e. The highest BCUT2D eigenvalue weighted by Crippen LogP contribution is 2.39. The van der Waals surface area contributed by atoms with Gasteiger partial charge in [-0.1, -0.05) is 17.8 Å². The van der Waals surface area contributed by atoms with Gasteiger partial charge < -0.3 is 14.0 Å². The van der Waals surface area contributed by atoms with Crippen molar-refractivity contribution in [2.75, 3.05) is 12.9 Å². The molecule has 0 unspecified atom stereocenters. The lowest BCUT2D eigenvalue weighted by Crippen LogP contribution is -2.41. The first-order valence-corrected chi connectivity index (χ1v) is 9.84. The van der Waals surface area contributed by atoms with E-state index < -0.39 is 18.3 Å². The second kappa shape index (κ2) is 8.21. The van der Waals surface area contributed by atoms with E-state index in [4.69, 9.17) is 14.0 Å². The summed E-state index contributed by atoms with van der Waals surface area (Å²) < 4.78 is 17.8. The van der Waals surface area contributed by atoms with Crippen LogP contribution >= 0.6 is 11.8 Å². The van der Waals surface area contributed by atoms with E-state index in [1.165, 1.54) is 25.6 Å². The summed E-state index contributed by atoms with van der Waals surface area (Å²) in [5.41, 5.74) is 1.19. The zero-order chi connectivity index (χ0) is 20.4. The van der Waals surface area contributed by atoms with Crippen molar-refractivity contribution in [1.29, 1.82) is 0 Å². The molecule has 1 fully saturated rings. The first-order valence-electron chi connectivity index (χ1n) is 8.85. The lowest BCUT2D eigenvalue weighted by molar-refractivity contribution is -0.109. The molecule has 2 rings (SSSR count). The highest BCUT2D eigenvalue weighted by Gasteiger charge is 2.52. The summed E-state index contributed by atoms with van der Waals surface area (Å²) in [4.78, 5) is 23.3. The summed E-state index contributed by atoms with van der Waals surface area (Å²) in [7, 11) is 1.01. The van der Waals surface area contributed by atoms with Crippen LogP contribution < -0.4 is 4.74 Å². The molecular formula is C20H27BO5S. The number of hydrogen-bond acceptors (Lipinski definition) is 6. The third kappa shape index (κ3) is 5.03. The van der Waals surface area contributed by atoms with Crippen LogP contribution in [0.25, 0.3) is 6.08 Å². The molecule has 146 valence electrons. The summed E-state index contributed by atoms with van der Waals surface area (Å²) in [5, 5.41) is 0.0156. The van der Waals surface area contributed by atoms with E-state index in [-0.39, 0.29) is 10.9 Å². The van der Waals surface area contributed by atoms with E-state index in [0.717, 1.165) is 11.0 Å². The molecule has 0 atom stereocenters. The van der Waals surface area contributed by atoms with Crippen molar-refractivity contribution < 1.29 is 23.6 Å². The fraction of sp³-hybridized carbons (Fsp3) is 0.500. The summed E-state index contributed by atoms with van der Waals surface area (Å²) in [6.07, 6.45) is 1.89. The number of carbonyl (C=O) groups is 2. The van der Waals surface area contributed by atoms with Gasteiger partial charge in [-0.3, -0.25) is 9.59 Å². The number of benzene rings is 1. The van der Waals surface area contributed by atoms with Crippen molar-refractivity contribution in [3.8, 4) is 5.75 Å². The molecule has 0 amide bonds. The number of ether oxygens (including phenoxy) is 1.